The van der Waals surface area contributed by atoms with Crippen LogP contribution in [0.4, 0.5) is 0 Å². The number of fused-ring (bicyclic) bond motifs is 1. The van der Waals surface area contributed by atoms with Gasteiger partial charge in [-0.2, -0.15) is 0 Å². The molecule has 1 aliphatic heterocycles. The Kier molecular flexibility index (Phi) is 3.59. The summed E-state index contributed by atoms with van der Waals surface area (Å²) >= 11 is 0. The first-order chi connectivity index (χ1) is 11.1. The third-order valence-corrected chi connectivity index (χ3v) is 5.76. The SMILES string of the molecule is C=C1CCC[C@H](N2Cc3c(cccc3C3CCC3)C2=O)C(=O)C1. The number of hydrogen-bond acceptors (Lipinski definition) is 2. The van der Waals surface area contributed by atoms with E-state index in [0.717, 1.165) is 30.4 Å². The molecule has 120 valence electrons. The Balaban J connectivity index is 1.64. The van der Waals surface area contributed by atoms with Crippen molar-refractivity contribution in [3.63, 3.8) is 0 Å². The van der Waals surface area contributed by atoms with Crippen LogP contribution < -0.4 is 0 Å². The van der Waals surface area contributed by atoms with Crippen molar-refractivity contribution in [2.45, 2.75) is 63.5 Å². The zero-order valence-corrected chi connectivity index (χ0v) is 13.5. The number of allylic oxidation sites excluding steroid dienone is 1. The highest BCUT2D eigenvalue weighted by Crippen LogP contribution is 2.41. The lowest BCUT2D eigenvalue weighted by Gasteiger charge is -2.28. The Morgan fingerprint density at radius 3 is 2.65 bits per heavy atom. The normalized spacial score (nSPS) is 25.3. The molecule has 0 saturated heterocycles. The summed E-state index contributed by atoms with van der Waals surface area (Å²) in [4.78, 5) is 27.2. The molecule has 1 aromatic carbocycles. The fourth-order valence-corrected chi connectivity index (χ4v) is 4.22. The van der Waals surface area contributed by atoms with Crippen LogP contribution in [-0.2, 0) is 11.3 Å². The lowest BCUT2D eigenvalue weighted by molar-refractivity contribution is -0.122. The van der Waals surface area contributed by atoms with Crippen molar-refractivity contribution in [3.05, 3.63) is 47.0 Å². The molecule has 0 aromatic heterocycles. The maximum Gasteiger partial charge on any atom is 0.255 e. The number of ketones is 1. The number of Topliss-reactive ketones (excluding diaryl/α,β-unsaturated/α-hetero) is 1. The van der Waals surface area contributed by atoms with Crippen LogP contribution in [0.25, 0.3) is 0 Å². The van der Waals surface area contributed by atoms with E-state index < -0.39 is 0 Å². The molecule has 23 heavy (non-hydrogen) atoms. The first-order valence-electron chi connectivity index (χ1n) is 8.77. The van der Waals surface area contributed by atoms with Crippen LogP contribution in [0.2, 0.25) is 0 Å². The van der Waals surface area contributed by atoms with Gasteiger partial charge in [-0.25, -0.2) is 0 Å². The van der Waals surface area contributed by atoms with Crippen LogP contribution in [0, 0.1) is 0 Å². The minimum atomic E-state index is -0.261. The minimum absolute atomic E-state index is 0.0482. The van der Waals surface area contributed by atoms with Gasteiger partial charge in [0, 0.05) is 18.5 Å². The zero-order valence-electron chi connectivity index (χ0n) is 13.5. The average molecular weight is 309 g/mol. The molecule has 0 bridgehead atoms. The molecule has 2 saturated carbocycles. The minimum Gasteiger partial charge on any atom is -0.324 e. The molecule has 0 unspecified atom stereocenters. The van der Waals surface area contributed by atoms with Gasteiger partial charge in [0.25, 0.3) is 5.91 Å². The standard InChI is InChI=1S/C20H23NO2/c1-13-5-2-10-18(19(22)11-13)21-12-17-15(14-6-3-7-14)8-4-9-16(17)20(21)23/h4,8-9,14,18H,1-3,5-7,10-12H2/t18-/m0/s1. The number of carbonyl (C=O) groups excluding carboxylic acids is 2. The Bertz CT molecular complexity index is 687. The van der Waals surface area contributed by atoms with E-state index in [1.165, 1.54) is 30.4 Å². The summed E-state index contributed by atoms with van der Waals surface area (Å²) in [5, 5.41) is 0. The van der Waals surface area contributed by atoms with Crippen LogP contribution in [0.5, 0.6) is 0 Å². The molecule has 1 heterocycles. The van der Waals surface area contributed by atoms with Gasteiger partial charge in [-0.05, 0) is 55.2 Å². The van der Waals surface area contributed by atoms with E-state index in [1.54, 1.807) is 0 Å². The van der Waals surface area contributed by atoms with Gasteiger partial charge in [-0.1, -0.05) is 30.7 Å². The highest BCUT2D eigenvalue weighted by Gasteiger charge is 2.38. The van der Waals surface area contributed by atoms with Gasteiger partial charge in [0.2, 0.25) is 0 Å². The van der Waals surface area contributed by atoms with Crippen molar-refractivity contribution in [1.29, 1.82) is 0 Å². The lowest BCUT2D eigenvalue weighted by Crippen LogP contribution is -2.40. The van der Waals surface area contributed by atoms with E-state index >= 15 is 0 Å². The van der Waals surface area contributed by atoms with Crippen molar-refractivity contribution in [2.75, 3.05) is 0 Å². The van der Waals surface area contributed by atoms with Gasteiger partial charge in [0.15, 0.2) is 5.78 Å². The van der Waals surface area contributed by atoms with Gasteiger partial charge in [0.05, 0.1) is 6.04 Å². The van der Waals surface area contributed by atoms with E-state index in [1.807, 2.05) is 17.0 Å². The molecule has 0 N–H and O–H groups in total. The van der Waals surface area contributed by atoms with E-state index in [0.29, 0.717) is 18.9 Å². The zero-order chi connectivity index (χ0) is 16.0. The highest BCUT2D eigenvalue weighted by molar-refractivity contribution is 6.02. The smallest absolute Gasteiger partial charge is 0.255 e. The molecular formula is C20H23NO2. The third kappa shape index (κ3) is 2.43. The Morgan fingerprint density at radius 1 is 1.09 bits per heavy atom. The van der Waals surface area contributed by atoms with E-state index in [9.17, 15) is 9.59 Å². The summed E-state index contributed by atoms with van der Waals surface area (Å²) < 4.78 is 0. The number of carbonyl (C=O) groups is 2. The Hall–Kier alpha value is -1.90. The summed E-state index contributed by atoms with van der Waals surface area (Å²) in [6, 6.07) is 5.85. The Labute approximate surface area is 137 Å². The van der Waals surface area contributed by atoms with Crippen LogP contribution >= 0.6 is 0 Å². The predicted octanol–water partition coefficient (Wildman–Crippen LogP) is 3.98. The van der Waals surface area contributed by atoms with Crippen molar-refractivity contribution >= 4 is 11.7 Å². The largest absolute Gasteiger partial charge is 0.324 e. The van der Waals surface area contributed by atoms with Crippen molar-refractivity contribution in [2.24, 2.45) is 0 Å². The number of amides is 1. The number of rotatable bonds is 2. The fourth-order valence-electron chi connectivity index (χ4n) is 4.22. The number of nitrogens with zero attached hydrogens (tertiary/aromatic N) is 1. The second-order valence-electron chi connectivity index (χ2n) is 7.24. The summed E-state index contributed by atoms with van der Waals surface area (Å²) in [6.07, 6.45) is 6.81. The van der Waals surface area contributed by atoms with Crippen LogP contribution in [-0.4, -0.2) is 22.6 Å². The number of benzene rings is 1. The van der Waals surface area contributed by atoms with Crippen molar-refractivity contribution in [3.8, 4) is 0 Å². The monoisotopic (exact) mass is 309 g/mol. The fraction of sp³-hybridized carbons (Fsp3) is 0.500. The molecule has 2 fully saturated rings. The second kappa shape index (κ2) is 5.63. The van der Waals surface area contributed by atoms with Crippen LogP contribution in [0.3, 0.4) is 0 Å². The molecule has 4 rings (SSSR count). The average Bonchev–Trinajstić information content (AvgIpc) is 2.70. The maximum absolute atomic E-state index is 12.9. The van der Waals surface area contributed by atoms with Gasteiger partial charge in [-0.15, -0.1) is 0 Å². The second-order valence-corrected chi connectivity index (χ2v) is 7.24. The lowest BCUT2D eigenvalue weighted by atomic mass is 9.77. The molecular weight excluding hydrogens is 286 g/mol. The van der Waals surface area contributed by atoms with Crippen molar-refractivity contribution < 1.29 is 9.59 Å². The summed E-state index contributed by atoms with van der Waals surface area (Å²) in [7, 11) is 0. The van der Waals surface area contributed by atoms with Gasteiger partial charge < -0.3 is 4.90 Å². The highest BCUT2D eigenvalue weighted by atomic mass is 16.2. The Morgan fingerprint density at radius 2 is 1.91 bits per heavy atom. The topological polar surface area (TPSA) is 37.4 Å². The molecule has 1 aromatic rings. The molecule has 3 nitrogen and oxygen atoms in total. The van der Waals surface area contributed by atoms with Crippen LogP contribution in [0.15, 0.2) is 30.4 Å². The van der Waals surface area contributed by atoms with Gasteiger partial charge in [-0.3, -0.25) is 9.59 Å². The molecule has 0 spiro atoms. The van der Waals surface area contributed by atoms with E-state index in [2.05, 4.69) is 12.6 Å². The molecule has 3 aliphatic rings. The van der Waals surface area contributed by atoms with Gasteiger partial charge >= 0.3 is 0 Å². The molecule has 2 aliphatic carbocycles. The van der Waals surface area contributed by atoms with Crippen molar-refractivity contribution in [1.82, 2.24) is 4.90 Å². The first kappa shape index (κ1) is 14.7. The quantitative estimate of drug-likeness (QED) is 0.612. The summed E-state index contributed by atoms with van der Waals surface area (Å²) in [6.45, 7) is 4.59. The summed E-state index contributed by atoms with van der Waals surface area (Å²) in [5.74, 6) is 0.827. The van der Waals surface area contributed by atoms with Gasteiger partial charge in [0.1, 0.15) is 0 Å². The molecule has 1 amide bonds. The summed E-state index contributed by atoms with van der Waals surface area (Å²) in [5.41, 5.74) is 4.36. The third-order valence-electron chi connectivity index (χ3n) is 5.76. The van der Waals surface area contributed by atoms with Crippen LogP contribution in [0.1, 0.15) is 72.3 Å². The first-order valence-corrected chi connectivity index (χ1v) is 8.77. The number of hydrogen-bond donors (Lipinski definition) is 0. The molecule has 3 heteroatoms. The molecule has 1 atom stereocenters. The van der Waals surface area contributed by atoms with E-state index in [4.69, 9.17) is 0 Å². The molecule has 0 radical (unpaired) electrons. The predicted molar refractivity (Wildman–Crippen MR) is 89.3 cm³/mol. The van der Waals surface area contributed by atoms with E-state index in [-0.39, 0.29) is 17.7 Å². The maximum atomic E-state index is 12.9.